The number of aryl methyl sites for hydroxylation is 1. The Bertz CT molecular complexity index is 946. The molecule has 32 heavy (non-hydrogen) atoms. The number of nitrogens with zero attached hydrogens (tertiary/aromatic N) is 1. The number of methoxy groups -OCH3 is 2. The van der Waals surface area contributed by atoms with Crippen molar-refractivity contribution in [3.63, 3.8) is 0 Å². The second-order valence-corrected chi connectivity index (χ2v) is 8.75. The van der Waals surface area contributed by atoms with Crippen molar-refractivity contribution in [1.82, 2.24) is 0 Å². The number of aliphatic hydroxyl groups excluding tert-OH is 2. The number of esters is 1. The Morgan fingerprint density at radius 2 is 1.94 bits per heavy atom. The molecular formula is C24H29NO6S. The standard InChI is InChI=1S/C24H29NO6S/c1-30-22-12-15(6-11-20(22)27)4-3-5-18(26)13-21(28)23-25-19(14-32-23)16-7-9-17(10-8-16)24(29)31-2/h6-12,18-19,21,26-28H,3-5,13-14H2,1-2H3. The van der Waals surface area contributed by atoms with Gasteiger partial charge in [0.05, 0.1) is 37.0 Å². The first-order valence-electron chi connectivity index (χ1n) is 10.5. The zero-order valence-electron chi connectivity index (χ0n) is 18.2. The minimum atomic E-state index is -0.803. The van der Waals surface area contributed by atoms with Crippen LogP contribution in [0.25, 0.3) is 0 Å². The molecule has 3 N–H and O–H groups in total. The molecule has 0 aromatic heterocycles. The van der Waals surface area contributed by atoms with Crippen molar-refractivity contribution in [1.29, 1.82) is 0 Å². The van der Waals surface area contributed by atoms with E-state index in [0.29, 0.717) is 28.5 Å². The number of rotatable bonds is 10. The molecule has 0 spiro atoms. The van der Waals surface area contributed by atoms with E-state index in [9.17, 15) is 20.1 Å². The van der Waals surface area contributed by atoms with Crippen molar-refractivity contribution < 1.29 is 29.6 Å². The first kappa shape index (κ1) is 24.1. The van der Waals surface area contributed by atoms with E-state index in [0.717, 1.165) is 24.0 Å². The highest BCUT2D eigenvalue weighted by atomic mass is 32.2. The summed E-state index contributed by atoms with van der Waals surface area (Å²) in [5.41, 5.74) is 2.47. The minimum absolute atomic E-state index is 0.0852. The highest BCUT2D eigenvalue weighted by molar-refractivity contribution is 8.14. The number of phenolic OH excluding ortho intramolecular Hbond substituents is 1. The Hall–Kier alpha value is -2.55. The fourth-order valence-corrected chi connectivity index (χ4v) is 4.69. The molecule has 0 aliphatic carbocycles. The third kappa shape index (κ3) is 6.25. The van der Waals surface area contributed by atoms with Gasteiger partial charge in [-0.05, 0) is 54.7 Å². The number of carbonyl (C=O) groups excluding carboxylic acids is 1. The van der Waals surface area contributed by atoms with Crippen molar-refractivity contribution >= 4 is 22.8 Å². The molecule has 3 unspecified atom stereocenters. The van der Waals surface area contributed by atoms with E-state index < -0.39 is 12.2 Å². The van der Waals surface area contributed by atoms with Gasteiger partial charge in [-0.1, -0.05) is 18.2 Å². The number of phenols is 1. The molecule has 2 aromatic rings. The molecule has 172 valence electrons. The number of benzene rings is 2. The largest absolute Gasteiger partial charge is 0.504 e. The molecule has 8 heteroatoms. The monoisotopic (exact) mass is 459 g/mol. The van der Waals surface area contributed by atoms with Crippen LogP contribution >= 0.6 is 11.8 Å². The predicted octanol–water partition coefficient (Wildman–Crippen LogP) is 3.51. The highest BCUT2D eigenvalue weighted by Gasteiger charge is 2.26. The van der Waals surface area contributed by atoms with Crippen molar-refractivity contribution in [3.05, 3.63) is 59.2 Å². The van der Waals surface area contributed by atoms with Gasteiger partial charge in [-0.2, -0.15) is 0 Å². The second kappa shape index (κ2) is 11.4. The van der Waals surface area contributed by atoms with Crippen molar-refractivity contribution in [3.8, 4) is 11.5 Å². The normalized spacial score (nSPS) is 17.5. The van der Waals surface area contributed by atoms with Gasteiger partial charge in [-0.3, -0.25) is 4.99 Å². The van der Waals surface area contributed by atoms with Crippen LogP contribution < -0.4 is 4.74 Å². The van der Waals surface area contributed by atoms with E-state index in [2.05, 4.69) is 4.99 Å². The molecule has 0 radical (unpaired) electrons. The number of hydrogen-bond acceptors (Lipinski definition) is 8. The Labute approximate surface area is 192 Å². The van der Waals surface area contributed by atoms with Crippen molar-refractivity contribution in [2.24, 2.45) is 4.99 Å². The van der Waals surface area contributed by atoms with Crippen molar-refractivity contribution in [2.75, 3.05) is 20.0 Å². The smallest absolute Gasteiger partial charge is 0.337 e. The fourth-order valence-electron chi connectivity index (χ4n) is 3.60. The Morgan fingerprint density at radius 1 is 1.19 bits per heavy atom. The third-order valence-electron chi connectivity index (χ3n) is 5.42. The Kier molecular flexibility index (Phi) is 8.55. The van der Waals surface area contributed by atoms with Crippen LogP contribution in [0.15, 0.2) is 47.5 Å². The number of aliphatic imine (C=N–C) groups is 1. The van der Waals surface area contributed by atoms with Gasteiger partial charge in [0.25, 0.3) is 0 Å². The summed E-state index contributed by atoms with van der Waals surface area (Å²) in [6.45, 7) is 0. The fraction of sp³-hybridized carbons (Fsp3) is 0.417. The lowest BCUT2D eigenvalue weighted by Crippen LogP contribution is -2.23. The van der Waals surface area contributed by atoms with E-state index in [-0.39, 0.29) is 24.2 Å². The minimum Gasteiger partial charge on any atom is -0.504 e. The zero-order chi connectivity index (χ0) is 23.1. The van der Waals surface area contributed by atoms with E-state index in [1.165, 1.54) is 26.0 Å². The van der Waals surface area contributed by atoms with Crippen LogP contribution in [0.4, 0.5) is 0 Å². The summed E-state index contributed by atoms with van der Waals surface area (Å²) in [6.07, 6.45) is 0.837. The maximum absolute atomic E-state index is 11.6. The van der Waals surface area contributed by atoms with Crippen LogP contribution in [0.2, 0.25) is 0 Å². The van der Waals surface area contributed by atoms with Gasteiger partial charge in [0.15, 0.2) is 11.5 Å². The predicted molar refractivity (Wildman–Crippen MR) is 125 cm³/mol. The molecule has 1 aliphatic heterocycles. The van der Waals surface area contributed by atoms with Gasteiger partial charge in [-0.25, -0.2) is 4.79 Å². The summed E-state index contributed by atoms with van der Waals surface area (Å²) in [7, 11) is 2.86. The maximum Gasteiger partial charge on any atom is 0.337 e. The van der Waals surface area contributed by atoms with Gasteiger partial charge < -0.3 is 24.8 Å². The molecule has 3 atom stereocenters. The topological polar surface area (TPSA) is 109 Å². The molecule has 0 saturated heterocycles. The molecule has 1 aliphatic rings. The average Bonchev–Trinajstić information content (AvgIpc) is 3.30. The Balaban J connectivity index is 1.47. The summed E-state index contributed by atoms with van der Waals surface area (Å²) in [5.74, 6) is 0.870. The number of aliphatic hydroxyl groups is 2. The zero-order valence-corrected chi connectivity index (χ0v) is 19.0. The van der Waals surface area contributed by atoms with E-state index in [4.69, 9.17) is 9.47 Å². The molecule has 0 bridgehead atoms. The third-order valence-corrected chi connectivity index (χ3v) is 6.57. The van der Waals surface area contributed by atoms with Crippen LogP contribution in [0.3, 0.4) is 0 Å². The van der Waals surface area contributed by atoms with Crippen molar-refractivity contribution in [2.45, 2.75) is 43.9 Å². The quantitative estimate of drug-likeness (QED) is 0.467. The first-order chi connectivity index (χ1) is 15.4. The van der Waals surface area contributed by atoms with Crippen LogP contribution in [-0.4, -0.2) is 58.5 Å². The summed E-state index contributed by atoms with van der Waals surface area (Å²) in [4.78, 5) is 16.2. The number of thioether (sulfide) groups is 1. The summed E-state index contributed by atoms with van der Waals surface area (Å²) in [6, 6.07) is 12.3. The first-order valence-corrected chi connectivity index (χ1v) is 11.5. The lowest BCUT2D eigenvalue weighted by molar-refractivity contribution is 0.0600. The van der Waals surface area contributed by atoms with Gasteiger partial charge in [0.1, 0.15) is 6.10 Å². The second-order valence-electron chi connectivity index (χ2n) is 7.71. The summed E-state index contributed by atoms with van der Waals surface area (Å²) >= 11 is 1.50. The van der Waals surface area contributed by atoms with Gasteiger partial charge >= 0.3 is 5.97 Å². The van der Waals surface area contributed by atoms with Crippen LogP contribution in [0, 0.1) is 0 Å². The van der Waals surface area contributed by atoms with Crippen LogP contribution in [-0.2, 0) is 11.2 Å². The number of hydrogen-bond donors (Lipinski definition) is 3. The molecule has 0 fully saturated rings. The molecule has 2 aromatic carbocycles. The maximum atomic E-state index is 11.6. The average molecular weight is 460 g/mol. The van der Waals surface area contributed by atoms with Gasteiger partial charge in [0.2, 0.25) is 0 Å². The summed E-state index contributed by atoms with van der Waals surface area (Å²) in [5, 5.41) is 31.2. The van der Waals surface area contributed by atoms with E-state index in [1.807, 2.05) is 18.2 Å². The molecule has 1 heterocycles. The number of aromatic hydroxyl groups is 1. The van der Waals surface area contributed by atoms with Crippen LogP contribution in [0.1, 0.15) is 46.8 Å². The van der Waals surface area contributed by atoms with E-state index in [1.54, 1.807) is 24.3 Å². The number of ether oxygens (including phenoxy) is 2. The SMILES string of the molecule is COC(=O)c1ccc(C2CSC(C(O)CC(O)CCCc3ccc(O)c(OC)c3)=N2)cc1. The van der Waals surface area contributed by atoms with E-state index >= 15 is 0 Å². The molecule has 0 saturated carbocycles. The summed E-state index contributed by atoms with van der Waals surface area (Å²) < 4.78 is 9.83. The lowest BCUT2D eigenvalue weighted by atomic mass is 10.0. The molecular weight excluding hydrogens is 430 g/mol. The van der Waals surface area contributed by atoms with Crippen LogP contribution in [0.5, 0.6) is 11.5 Å². The lowest BCUT2D eigenvalue weighted by Gasteiger charge is -2.15. The molecule has 7 nitrogen and oxygen atoms in total. The van der Waals surface area contributed by atoms with Gasteiger partial charge in [-0.15, -0.1) is 11.8 Å². The molecule has 3 rings (SSSR count). The Morgan fingerprint density at radius 3 is 2.62 bits per heavy atom. The highest BCUT2D eigenvalue weighted by Crippen LogP contribution is 2.33. The van der Waals surface area contributed by atoms with Gasteiger partial charge in [0, 0.05) is 12.2 Å². The molecule has 0 amide bonds. The number of carbonyl (C=O) groups is 1.